The first-order valence-corrected chi connectivity index (χ1v) is 6.68. The molecule has 4 rings (SSSR count). The second-order valence-electron chi connectivity index (χ2n) is 4.63. The van der Waals surface area contributed by atoms with E-state index >= 15 is 0 Å². The Bertz CT molecular complexity index is 890. The van der Waals surface area contributed by atoms with Crippen LogP contribution in [-0.2, 0) is 6.54 Å². The van der Waals surface area contributed by atoms with E-state index in [0.717, 1.165) is 23.1 Å². The van der Waals surface area contributed by atoms with Gasteiger partial charge in [-0.2, -0.15) is 4.98 Å². The lowest BCUT2D eigenvalue weighted by Crippen LogP contribution is -1.90. The number of hydrogen-bond acceptors (Lipinski definition) is 5. The number of nitrogens with zero attached hydrogens (tertiary/aromatic N) is 4. The van der Waals surface area contributed by atoms with Crippen molar-refractivity contribution in [1.29, 1.82) is 0 Å². The number of aromatic nitrogens is 4. The highest BCUT2D eigenvalue weighted by Crippen LogP contribution is 2.25. The molecule has 0 aliphatic carbocycles. The Kier molecular flexibility index (Phi) is 2.60. The van der Waals surface area contributed by atoms with E-state index in [1.54, 1.807) is 18.4 Å². The zero-order valence-corrected chi connectivity index (χ0v) is 11.4. The lowest BCUT2D eigenvalue weighted by atomic mass is 10.2. The van der Waals surface area contributed by atoms with Crippen molar-refractivity contribution in [2.24, 2.45) is 0 Å². The minimum atomic E-state index is 0.370. The molecule has 0 bridgehead atoms. The molecule has 0 saturated carbocycles. The zero-order chi connectivity index (χ0) is 14.2. The molecule has 6 nitrogen and oxygen atoms in total. The molecule has 0 atom stereocenters. The van der Waals surface area contributed by atoms with Crippen LogP contribution in [0.3, 0.4) is 0 Å². The molecular weight excluding hydrogens is 268 g/mol. The summed E-state index contributed by atoms with van der Waals surface area (Å²) < 4.78 is 12.6. The van der Waals surface area contributed by atoms with Crippen molar-refractivity contribution >= 4 is 11.0 Å². The molecule has 1 aromatic carbocycles. The van der Waals surface area contributed by atoms with Gasteiger partial charge in [0, 0.05) is 12.1 Å². The monoisotopic (exact) mass is 280 g/mol. The topological polar surface area (TPSA) is 69.9 Å². The van der Waals surface area contributed by atoms with Gasteiger partial charge in [0.25, 0.3) is 5.89 Å². The van der Waals surface area contributed by atoms with E-state index in [9.17, 15) is 0 Å². The molecule has 104 valence electrons. The Hall–Kier alpha value is -2.89. The molecule has 21 heavy (non-hydrogen) atoms. The molecule has 0 saturated heterocycles. The van der Waals surface area contributed by atoms with Gasteiger partial charge in [0.15, 0.2) is 5.76 Å². The summed E-state index contributed by atoms with van der Waals surface area (Å²) in [5, 5.41) is 4.00. The lowest BCUT2D eigenvalue weighted by Gasteiger charge is -1.99. The van der Waals surface area contributed by atoms with Crippen LogP contribution in [0.1, 0.15) is 6.92 Å². The van der Waals surface area contributed by atoms with Crippen LogP contribution in [0, 0.1) is 0 Å². The number of fused-ring (bicyclic) bond motifs is 1. The van der Waals surface area contributed by atoms with Crippen molar-refractivity contribution in [2.75, 3.05) is 0 Å². The van der Waals surface area contributed by atoms with Gasteiger partial charge in [-0.15, -0.1) is 0 Å². The fraction of sp³-hybridized carbons (Fsp3) is 0.133. The van der Waals surface area contributed by atoms with Crippen molar-refractivity contribution < 1.29 is 8.94 Å². The highest BCUT2D eigenvalue weighted by atomic mass is 16.5. The maximum atomic E-state index is 5.24. The smallest absolute Gasteiger partial charge is 0.293 e. The third-order valence-corrected chi connectivity index (χ3v) is 3.38. The van der Waals surface area contributed by atoms with Crippen molar-refractivity contribution in [1.82, 2.24) is 19.7 Å². The maximum Gasteiger partial charge on any atom is 0.293 e. The molecule has 0 unspecified atom stereocenters. The molecule has 0 fully saturated rings. The molecule has 0 aliphatic heterocycles. The van der Waals surface area contributed by atoms with Gasteiger partial charge in [0.1, 0.15) is 0 Å². The average Bonchev–Trinajstić information content (AvgIpc) is 3.25. The lowest BCUT2D eigenvalue weighted by molar-refractivity contribution is 0.417. The third kappa shape index (κ3) is 1.92. The van der Waals surface area contributed by atoms with E-state index in [1.165, 1.54) is 0 Å². The molecule has 0 radical (unpaired) electrons. The van der Waals surface area contributed by atoms with Crippen LogP contribution in [-0.4, -0.2) is 19.7 Å². The largest absolute Gasteiger partial charge is 0.459 e. The Morgan fingerprint density at radius 1 is 1.24 bits per heavy atom. The van der Waals surface area contributed by atoms with Crippen molar-refractivity contribution in [3.63, 3.8) is 0 Å². The van der Waals surface area contributed by atoms with Crippen molar-refractivity contribution in [3.8, 4) is 23.0 Å². The summed E-state index contributed by atoms with van der Waals surface area (Å²) in [6.45, 7) is 2.98. The van der Waals surface area contributed by atoms with Crippen LogP contribution in [0.15, 0.2) is 51.9 Å². The van der Waals surface area contributed by atoms with Gasteiger partial charge in [-0.3, -0.25) is 0 Å². The minimum absolute atomic E-state index is 0.370. The number of hydrogen-bond donors (Lipinski definition) is 0. The summed E-state index contributed by atoms with van der Waals surface area (Å²) in [5.41, 5.74) is 2.88. The van der Waals surface area contributed by atoms with Gasteiger partial charge in [-0.1, -0.05) is 5.16 Å². The second kappa shape index (κ2) is 4.59. The van der Waals surface area contributed by atoms with Crippen LogP contribution in [0.2, 0.25) is 0 Å². The molecule has 0 amide bonds. The van der Waals surface area contributed by atoms with Crippen LogP contribution >= 0.6 is 0 Å². The average molecular weight is 280 g/mol. The van der Waals surface area contributed by atoms with E-state index in [4.69, 9.17) is 8.94 Å². The Morgan fingerprint density at radius 3 is 3.00 bits per heavy atom. The summed E-state index contributed by atoms with van der Waals surface area (Å²) in [5.74, 6) is 1.45. The predicted octanol–water partition coefficient (Wildman–Crippen LogP) is 3.37. The highest BCUT2D eigenvalue weighted by Gasteiger charge is 2.13. The fourth-order valence-corrected chi connectivity index (χ4v) is 2.30. The SMILES string of the molecule is CCn1cnc2cc(-c3noc(-c4ccco4)n3)ccc21. The number of aryl methyl sites for hydroxylation is 1. The number of imidazole rings is 1. The third-order valence-electron chi connectivity index (χ3n) is 3.38. The molecule has 0 spiro atoms. The number of benzene rings is 1. The highest BCUT2D eigenvalue weighted by molar-refractivity contribution is 5.80. The molecule has 0 aliphatic rings. The summed E-state index contributed by atoms with van der Waals surface area (Å²) in [6.07, 6.45) is 3.40. The molecular formula is C15H12N4O2. The second-order valence-corrected chi connectivity index (χ2v) is 4.63. The van der Waals surface area contributed by atoms with Crippen molar-refractivity contribution in [3.05, 3.63) is 42.9 Å². The fourth-order valence-electron chi connectivity index (χ4n) is 2.30. The van der Waals surface area contributed by atoms with E-state index in [1.807, 2.05) is 24.5 Å². The summed E-state index contributed by atoms with van der Waals surface area (Å²) in [7, 11) is 0. The first-order valence-electron chi connectivity index (χ1n) is 6.68. The van der Waals surface area contributed by atoms with Crippen LogP contribution in [0.4, 0.5) is 0 Å². The van der Waals surface area contributed by atoms with E-state index in [-0.39, 0.29) is 0 Å². The zero-order valence-electron chi connectivity index (χ0n) is 11.4. The van der Waals surface area contributed by atoms with Gasteiger partial charge in [-0.05, 0) is 37.3 Å². The first-order chi connectivity index (χ1) is 10.3. The van der Waals surface area contributed by atoms with Gasteiger partial charge in [0.05, 0.1) is 23.6 Å². The van der Waals surface area contributed by atoms with Gasteiger partial charge < -0.3 is 13.5 Å². The Labute approximate surface area is 120 Å². The van der Waals surface area contributed by atoms with E-state index in [2.05, 4.69) is 26.6 Å². The van der Waals surface area contributed by atoms with Crippen LogP contribution in [0.25, 0.3) is 34.1 Å². The molecule has 3 aromatic heterocycles. The van der Waals surface area contributed by atoms with E-state index in [0.29, 0.717) is 17.5 Å². The minimum Gasteiger partial charge on any atom is -0.459 e. The van der Waals surface area contributed by atoms with Gasteiger partial charge in [-0.25, -0.2) is 4.98 Å². The van der Waals surface area contributed by atoms with Crippen LogP contribution < -0.4 is 0 Å². The normalized spacial score (nSPS) is 11.3. The van der Waals surface area contributed by atoms with E-state index < -0.39 is 0 Å². The molecule has 3 heterocycles. The summed E-state index contributed by atoms with van der Waals surface area (Å²) >= 11 is 0. The number of rotatable bonds is 3. The quantitative estimate of drug-likeness (QED) is 0.575. The summed E-state index contributed by atoms with van der Waals surface area (Å²) in [4.78, 5) is 8.74. The van der Waals surface area contributed by atoms with Crippen molar-refractivity contribution in [2.45, 2.75) is 13.5 Å². The Balaban J connectivity index is 1.76. The molecule has 6 heteroatoms. The van der Waals surface area contributed by atoms with Crippen LogP contribution in [0.5, 0.6) is 0 Å². The molecule has 0 N–H and O–H groups in total. The van der Waals surface area contributed by atoms with Gasteiger partial charge >= 0.3 is 0 Å². The first kappa shape index (κ1) is 11.9. The predicted molar refractivity (Wildman–Crippen MR) is 76.4 cm³/mol. The standard InChI is InChI=1S/C15H12N4O2/c1-2-19-9-16-11-8-10(5-6-12(11)19)14-17-15(21-18-14)13-4-3-7-20-13/h3-9H,2H2,1H3. The number of furan rings is 1. The maximum absolute atomic E-state index is 5.24. The molecule has 4 aromatic rings. The Morgan fingerprint density at radius 2 is 2.19 bits per heavy atom. The summed E-state index contributed by atoms with van der Waals surface area (Å²) in [6, 6.07) is 9.50. The van der Waals surface area contributed by atoms with Gasteiger partial charge in [0.2, 0.25) is 5.82 Å².